The molecule has 1 atom stereocenters. The fourth-order valence-electron chi connectivity index (χ4n) is 3.47. The molecule has 3 rings (SSSR count). The Bertz CT molecular complexity index is 581. The zero-order valence-electron chi connectivity index (χ0n) is 12.1. The summed E-state index contributed by atoms with van der Waals surface area (Å²) in [6.45, 7) is 1.95. The number of carbonyl (C=O) groups excluding carboxylic acids is 2. The summed E-state index contributed by atoms with van der Waals surface area (Å²) in [6, 6.07) is 7.38. The molecule has 4 nitrogen and oxygen atoms in total. The van der Waals surface area contributed by atoms with E-state index in [0.717, 1.165) is 34.9 Å². The predicted octanol–water partition coefficient (Wildman–Crippen LogP) is 2.85. The molecule has 1 heterocycles. The number of nitrogens with zero attached hydrogens (tertiary/aromatic N) is 1. The second-order valence-electron chi connectivity index (χ2n) is 5.83. The normalized spacial score (nSPS) is 24.5. The molecule has 112 valence electrons. The minimum atomic E-state index is -0.665. The van der Waals surface area contributed by atoms with E-state index in [1.54, 1.807) is 4.90 Å². The number of anilines is 1. The molecule has 0 aromatic heterocycles. The highest BCUT2D eigenvalue weighted by molar-refractivity contribution is 14.1. The van der Waals surface area contributed by atoms with Crippen molar-refractivity contribution in [2.24, 2.45) is 0 Å². The van der Waals surface area contributed by atoms with Crippen molar-refractivity contribution in [1.29, 1.82) is 0 Å². The molecule has 21 heavy (non-hydrogen) atoms. The summed E-state index contributed by atoms with van der Waals surface area (Å²) < 4.78 is 1.00. The standard InChI is InChI=1S/C16H19IN2O2/c1-2-12-14(20)18-16(9-5-6-10-16)15(21)19(12)13-8-4-3-7-11(13)17/h3-4,7-8,12H,2,5-6,9-10H2,1H3,(H,18,20). The Hall–Kier alpha value is -1.11. The van der Waals surface area contributed by atoms with Crippen LogP contribution in [-0.4, -0.2) is 23.4 Å². The number of rotatable bonds is 2. The van der Waals surface area contributed by atoms with Crippen LogP contribution in [0.4, 0.5) is 5.69 Å². The van der Waals surface area contributed by atoms with Crippen molar-refractivity contribution in [3.05, 3.63) is 27.8 Å². The monoisotopic (exact) mass is 398 g/mol. The first-order chi connectivity index (χ1) is 10.1. The molecule has 2 fully saturated rings. The molecule has 1 N–H and O–H groups in total. The van der Waals surface area contributed by atoms with E-state index in [-0.39, 0.29) is 11.8 Å². The predicted molar refractivity (Wildman–Crippen MR) is 90.1 cm³/mol. The molecule has 1 unspecified atom stereocenters. The number of nitrogens with one attached hydrogen (secondary N) is 1. The van der Waals surface area contributed by atoms with Crippen LogP contribution in [-0.2, 0) is 9.59 Å². The SMILES string of the molecule is CCC1C(=O)NC2(CCCC2)C(=O)N1c1ccccc1I. The first-order valence-electron chi connectivity index (χ1n) is 7.49. The van der Waals surface area contributed by atoms with Gasteiger partial charge < -0.3 is 5.32 Å². The summed E-state index contributed by atoms with van der Waals surface area (Å²) in [5.74, 6) is 0.0502. The molecule has 2 amide bonds. The lowest BCUT2D eigenvalue weighted by atomic mass is 9.89. The van der Waals surface area contributed by atoms with Crippen LogP contribution in [0, 0.1) is 3.57 Å². The van der Waals surface area contributed by atoms with Gasteiger partial charge in [-0.3, -0.25) is 14.5 Å². The van der Waals surface area contributed by atoms with Crippen molar-refractivity contribution < 1.29 is 9.59 Å². The van der Waals surface area contributed by atoms with Gasteiger partial charge in [0.1, 0.15) is 11.6 Å². The van der Waals surface area contributed by atoms with Gasteiger partial charge in [0.15, 0.2) is 0 Å². The molecule has 1 saturated heterocycles. The number of amides is 2. The van der Waals surface area contributed by atoms with Gasteiger partial charge in [-0.1, -0.05) is 31.9 Å². The maximum Gasteiger partial charge on any atom is 0.253 e. The van der Waals surface area contributed by atoms with Crippen molar-refractivity contribution in [2.45, 2.75) is 50.6 Å². The Morgan fingerprint density at radius 1 is 1.29 bits per heavy atom. The van der Waals surface area contributed by atoms with Crippen LogP contribution in [0.1, 0.15) is 39.0 Å². The number of hydrogen-bond acceptors (Lipinski definition) is 2. The summed E-state index contributed by atoms with van der Waals surface area (Å²) in [5.41, 5.74) is 0.192. The Labute approximate surface area is 138 Å². The van der Waals surface area contributed by atoms with E-state index < -0.39 is 11.6 Å². The molecular weight excluding hydrogens is 379 g/mol. The summed E-state index contributed by atoms with van der Waals surface area (Å²) in [6.07, 6.45) is 4.14. The number of halogens is 1. The Kier molecular flexibility index (Phi) is 3.94. The minimum Gasteiger partial charge on any atom is -0.340 e. The third-order valence-electron chi connectivity index (χ3n) is 4.56. The Morgan fingerprint density at radius 2 is 1.95 bits per heavy atom. The van der Waals surface area contributed by atoms with Crippen molar-refractivity contribution in [2.75, 3.05) is 4.90 Å². The van der Waals surface area contributed by atoms with Crippen LogP contribution < -0.4 is 10.2 Å². The van der Waals surface area contributed by atoms with Gasteiger partial charge in [-0.15, -0.1) is 0 Å². The average Bonchev–Trinajstić information content (AvgIpc) is 2.93. The maximum atomic E-state index is 13.1. The molecule has 0 radical (unpaired) electrons. The average molecular weight is 398 g/mol. The summed E-state index contributed by atoms with van der Waals surface area (Å²) in [7, 11) is 0. The zero-order chi connectivity index (χ0) is 15.0. The molecule has 2 aliphatic rings. The van der Waals surface area contributed by atoms with E-state index in [1.807, 2.05) is 31.2 Å². The zero-order valence-corrected chi connectivity index (χ0v) is 14.2. The smallest absolute Gasteiger partial charge is 0.253 e. The van der Waals surface area contributed by atoms with E-state index in [1.165, 1.54) is 0 Å². The van der Waals surface area contributed by atoms with Crippen LogP contribution in [0.5, 0.6) is 0 Å². The third kappa shape index (κ3) is 2.35. The Balaban J connectivity index is 2.07. The number of benzene rings is 1. The number of piperazine rings is 1. The Morgan fingerprint density at radius 3 is 2.57 bits per heavy atom. The van der Waals surface area contributed by atoms with E-state index in [9.17, 15) is 9.59 Å². The highest BCUT2D eigenvalue weighted by Gasteiger charge is 2.52. The molecule has 1 saturated carbocycles. The fraction of sp³-hybridized carbons (Fsp3) is 0.500. The second-order valence-corrected chi connectivity index (χ2v) is 6.99. The van der Waals surface area contributed by atoms with E-state index in [0.29, 0.717) is 6.42 Å². The lowest BCUT2D eigenvalue weighted by molar-refractivity contribution is -0.138. The highest BCUT2D eigenvalue weighted by Crippen LogP contribution is 2.38. The van der Waals surface area contributed by atoms with E-state index >= 15 is 0 Å². The molecule has 1 aliphatic carbocycles. The first kappa shape index (κ1) is 14.8. The van der Waals surface area contributed by atoms with Crippen molar-refractivity contribution in [3.8, 4) is 0 Å². The fourth-order valence-corrected chi connectivity index (χ4v) is 4.12. The third-order valence-corrected chi connectivity index (χ3v) is 5.47. The van der Waals surface area contributed by atoms with Gasteiger partial charge in [-0.2, -0.15) is 0 Å². The van der Waals surface area contributed by atoms with Gasteiger partial charge in [-0.25, -0.2) is 0 Å². The van der Waals surface area contributed by atoms with Crippen molar-refractivity contribution >= 4 is 40.1 Å². The largest absolute Gasteiger partial charge is 0.340 e. The summed E-state index contributed by atoms with van der Waals surface area (Å²) in [4.78, 5) is 27.4. The number of hydrogen-bond donors (Lipinski definition) is 1. The molecule has 1 aromatic rings. The van der Waals surface area contributed by atoms with Gasteiger partial charge in [0.2, 0.25) is 5.91 Å². The van der Waals surface area contributed by atoms with Gasteiger partial charge in [0.25, 0.3) is 5.91 Å². The van der Waals surface area contributed by atoms with Crippen LogP contribution in [0.2, 0.25) is 0 Å². The molecule has 1 aliphatic heterocycles. The van der Waals surface area contributed by atoms with Gasteiger partial charge in [0.05, 0.1) is 5.69 Å². The van der Waals surface area contributed by atoms with Gasteiger partial charge >= 0.3 is 0 Å². The molecule has 1 aromatic carbocycles. The number of carbonyl (C=O) groups is 2. The molecule has 5 heteroatoms. The topological polar surface area (TPSA) is 49.4 Å². The first-order valence-corrected chi connectivity index (χ1v) is 8.57. The van der Waals surface area contributed by atoms with Gasteiger partial charge in [0, 0.05) is 3.57 Å². The van der Waals surface area contributed by atoms with Crippen molar-refractivity contribution in [1.82, 2.24) is 5.32 Å². The molecular formula is C16H19IN2O2. The van der Waals surface area contributed by atoms with Crippen LogP contribution in [0.25, 0.3) is 0 Å². The van der Waals surface area contributed by atoms with Crippen LogP contribution >= 0.6 is 22.6 Å². The molecule has 0 bridgehead atoms. The van der Waals surface area contributed by atoms with Crippen LogP contribution in [0.15, 0.2) is 24.3 Å². The lowest BCUT2D eigenvalue weighted by Gasteiger charge is -2.44. The lowest BCUT2D eigenvalue weighted by Crippen LogP contribution is -2.69. The van der Waals surface area contributed by atoms with E-state index in [4.69, 9.17) is 0 Å². The minimum absolute atomic E-state index is 0.0151. The van der Waals surface area contributed by atoms with Crippen LogP contribution in [0.3, 0.4) is 0 Å². The second kappa shape index (κ2) is 5.59. The highest BCUT2D eigenvalue weighted by atomic mass is 127. The van der Waals surface area contributed by atoms with E-state index in [2.05, 4.69) is 27.9 Å². The molecule has 1 spiro atoms. The summed E-state index contributed by atoms with van der Waals surface area (Å²) >= 11 is 2.23. The quantitative estimate of drug-likeness (QED) is 0.780. The maximum absolute atomic E-state index is 13.1. The number of para-hydroxylation sites is 1. The van der Waals surface area contributed by atoms with Crippen molar-refractivity contribution in [3.63, 3.8) is 0 Å². The van der Waals surface area contributed by atoms with Gasteiger partial charge in [-0.05, 0) is 54.0 Å². The summed E-state index contributed by atoms with van der Waals surface area (Å²) in [5, 5.41) is 3.03.